The minimum absolute atomic E-state index is 0.182. The lowest BCUT2D eigenvalue weighted by atomic mass is 9.78. The number of carboxylic acid groups (broad SMARTS) is 1. The molecule has 6 aliphatic rings. The quantitative estimate of drug-likeness (QED) is 0.266. The van der Waals surface area contributed by atoms with Crippen molar-refractivity contribution in [2.75, 3.05) is 63.2 Å². The lowest BCUT2D eigenvalue weighted by Gasteiger charge is -2.55. The van der Waals surface area contributed by atoms with E-state index in [2.05, 4.69) is 0 Å². The molecule has 4 fully saturated rings. The molecule has 3 unspecified atom stereocenters. The van der Waals surface area contributed by atoms with Gasteiger partial charge in [-0.1, -0.05) is 25.1 Å². The fourth-order valence-electron chi connectivity index (χ4n) is 8.69. The van der Waals surface area contributed by atoms with Crippen LogP contribution in [0.15, 0.2) is 46.5 Å². The Bertz CT molecular complexity index is 1750. The Morgan fingerprint density at radius 3 is 2.34 bits per heavy atom. The number of aliphatic carboxylic acids is 1. The van der Waals surface area contributed by atoms with E-state index in [0.29, 0.717) is 23.2 Å². The standard InChI is InChI=1S/C31H37N5O7S/c1-18-22(29(31(40)41)34-28(18)26(19(2)37)30(34)39)16-33-23-5-3-4-21-20(6-7-24(27(21)23)44(33,42)43)8-9-35-10-13-36(14-11-35,15-12-35)17-25(32)38/h3-7,18-19,26,28,37H,8-17H2,1-2H3,(H-2,32,38,40,41)/p+2/t18-,19?,26?,28?,35?,36?/m0/s1. The maximum atomic E-state index is 14.0. The summed E-state index contributed by atoms with van der Waals surface area (Å²) in [5.41, 5.74) is 7.29. The van der Waals surface area contributed by atoms with Gasteiger partial charge in [0.2, 0.25) is 5.91 Å². The van der Waals surface area contributed by atoms with Crippen molar-refractivity contribution < 1.29 is 42.0 Å². The van der Waals surface area contributed by atoms with Crippen molar-refractivity contribution in [2.45, 2.75) is 37.3 Å². The van der Waals surface area contributed by atoms with Gasteiger partial charge in [-0.05, 0) is 35.6 Å². The normalized spacial score (nSPS) is 32.2. The zero-order valence-corrected chi connectivity index (χ0v) is 25.8. The van der Waals surface area contributed by atoms with Crippen LogP contribution in [-0.4, -0.2) is 121 Å². The van der Waals surface area contributed by atoms with Gasteiger partial charge in [-0.2, -0.15) is 0 Å². The molecule has 13 heteroatoms. The van der Waals surface area contributed by atoms with Crippen LogP contribution in [0.2, 0.25) is 0 Å². The second-order valence-electron chi connectivity index (χ2n) is 13.5. The van der Waals surface area contributed by atoms with Crippen LogP contribution in [-0.2, 0) is 30.8 Å². The highest BCUT2D eigenvalue weighted by Gasteiger charge is 2.60. The number of sulfonamides is 1. The SMILES string of the molecule is CC(O)C1C(=O)N2C(C(=O)O)=C(CN3c4cccc5c(CC[N+]67CC[N+](CC(N)=O)(CC6)CC7)ccc(c45)S3(=O)=O)[C@H](C)C12. The van der Waals surface area contributed by atoms with Gasteiger partial charge in [-0.3, -0.25) is 13.9 Å². The number of fused-ring (bicyclic) bond motifs is 4. The van der Waals surface area contributed by atoms with Crippen LogP contribution in [0.1, 0.15) is 19.4 Å². The molecule has 0 saturated carbocycles. The fraction of sp³-hybridized carbons (Fsp3) is 0.516. The zero-order valence-electron chi connectivity index (χ0n) is 25.0. The van der Waals surface area contributed by atoms with Crippen molar-refractivity contribution in [1.82, 2.24) is 4.90 Å². The Kier molecular flexibility index (Phi) is 6.46. The number of hydrogen-bond donors (Lipinski definition) is 3. The number of aliphatic hydroxyl groups is 1. The van der Waals surface area contributed by atoms with Crippen molar-refractivity contribution in [1.29, 1.82) is 0 Å². The van der Waals surface area contributed by atoms with Crippen LogP contribution in [0, 0.1) is 11.8 Å². The molecule has 8 rings (SSSR count). The molecule has 0 aromatic heterocycles. The number of benzene rings is 2. The van der Waals surface area contributed by atoms with Gasteiger partial charge in [0.25, 0.3) is 15.9 Å². The number of nitrogens with zero attached hydrogens (tertiary/aromatic N) is 4. The molecule has 6 aliphatic heterocycles. The number of hydrogen-bond acceptors (Lipinski definition) is 6. The third kappa shape index (κ3) is 4.05. The number of aliphatic hydroxyl groups excluding tert-OH is 1. The van der Waals surface area contributed by atoms with Gasteiger partial charge in [0.1, 0.15) is 45.0 Å². The Balaban J connectivity index is 1.18. The topological polar surface area (TPSA) is 158 Å². The molecule has 0 aliphatic carbocycles. The zero-order chi connectivity index (χ0) is 31.3. The molecule has 2 bridgehead atoms. The molecular formula is C31H39N5O7S+2. The van der Waals surface area contributed by atoms with Gasteiger partial charge in [-0.25, -0.2) is 13.2 Å². The number of amides is 2. The third-order valence-electron chi connectivity index (χ3n) is 11.2. The predicted molar refractivity (Wildman–Crippen MR) is 160 cm³/mol. The van der Waals surface area contributed by atoms with Crippen LogP contribution in [0.3, 0.4) is 0 Å². The minimum Gasteiger partial charge on any atom is -0.477 e. The van der Waals surface area contributed by atoms with E-state index in [4.69, 9.17) is 5.73 Å². The Hall–Kier alpha value is -3.52. The first kappa shape index (κ1) is 29.2. The molecule has 6 heterocycles. The van der Waals surface area contributed by atoms with E-state index in [1.165, 1.54) is 16.1 Å². The molecule has 2 amide bonds. The molecule has 234 valence electrons. The monoisotopic (exact) mass is 625 g/mol. The summed E-state index contributed by atoms with van der Waals surface area (Å²) < 4.78 is 31.0. The van der Waals surface area contributed by atoms with Crippen LogP contribution < -0.4 is 10.0 Å². The van der Waals surface area contributed by atoms with Crippen LogP contribution >= 0.6 is 0 Å². The van der Waals surface area contributed by atoms with Crippen LogP contribution in [0.5, 0.6) is 0 Å². The van der Waals surface area contributed by atoms with E-state index in [0.717, 1.165) is 72.1 Å². The highest BCUT2D eigenvalue weighted by Crippen LogP contribution is 2.50. The summed E-state index contributed by atoms with van der Waals surface area (Å²) in [4.78, 5) is 38.3. The van der Waals surface area contributed by atoms with Gasteiger partial charge in [0.15, 0.2) is 6.54 Å². The Morgan fingerprint density at radius 2 is 1.73 bits per heavy atom. The average Bonchev–Trinajstić information content (AvgIpc) is 3.34. The van der Waals surface area contributed by atoms with E-state index in [1.807, 2.05) is 18.2 Å². The highest BCUT2D eigenvalue weighted by molar-refractivity contribution is 7.93. The summed E-state index contributed by atoms with van der Waals surface area (Å²) in [5.74, 6) is -3.14. The molecule has 0 spiro atoms. The van der Waals surface area contributed by atoms with E-state index < -0.39 is 45.9 Å². The molecule has 2 aromatic carbocycles. The number of anilines is 1. The summed E-state index contributed by atoms with van der Waals surface area (Å²) in [6, 6.07) is 8.61. The van der Waals surface area contributed by atoms with Crippen molar-refractivity contribution in [2.24, 2.45) is 17.6 Å². The average molecular weight is 626 g/mol. The number of quaternary nitrogens is 2. The van der Waals surface area contributed by atoms with E-state index in [9.17, 15) is 33.0 Å². The number of carboxylic acids is 1. The van der Waals surface area contributed by atoms with Gasteiger partial charge in [0, 0.05) is 17.7 Å². The Labute approximate surface area is 256 Å². The molecule has 2 aromatic rings. The summed E-state index contributed by atoms with van der Waals surface area (Å²) in [5, 5.41) is 21.8. The van der Waals surface area contributed by atoms with E-state index >= 15 is 0 Å². The molecule has 12 nitrogen and oxygen atoms in total. The van der Waals surface area contributed by atoms with Crippen LogP contribution in [0.25, 0.3) is 10.8 Å². The van der Waals surface area contributed by atoms with Crippen molar-refractivity contribution in [3.05, 3.63) is 47.2 Å². The largest absolute Gasteiger partial charge is 0.477 e. The predicted octanol–water partition coefficient (Wildman–Crippen LogP) is 0.233. The minimum atomic E-state index is -3.99. The van der Waals surface area contributed by atoms with Crippen molar-refractivity contribution in [3.63, 3.8) is 0 Å². The first-order valence-electron chi connectivity index (χ1n) is 15.3. The first-order chi connectivity index (χ1) is 20.8. The third-order valence-corrected chi connectivity index (χ3v) is 13.0. The highest BCUT2D eigenvalue weighted by atomic mass is 32.2. The molecule has 4 atom stereocenters. The van der Waals surface area contributed by atoms with Gasteiger partial charge < -0.3 is 29.8 Å². The number of nitrogens with two attached hydrogens (primary N) is 1. The second-order valence-corrected chi connectivity index (χ2v) is 15.3. The number of carbonyl (C=O) groups is 3. The van der Waals surface area contributed by atoms with Crippen molar-refractivity contribution >= 4 is 44.3 Å². The van der Waals surface area contributed by atoms with Crippen LogP contribution in [0.4, 0.5) is 5.69 Å². The number of β-lactam (4-membered cyclic amide) rings is 1. The lowest BCUT2D eigenvalue weighted by molar-refractivity contribution is -1.08. The molecule has 44 heavy (non-hydrogen) atoms. The number of carbonyl (C=O) groups excluding carboxylic acids is 2. The maximum Gasteiger partial charge on any atom is 0.352 e. The molecular weight excluding hydrogens is 586 g/mol. The van der Waals surface area contributed by atoms with Gasteiger partial charge in [0.05, 0.1) is 41.7 Å². The fourth-order valence-corrected chi connectivity index (χ4v) is 10.4. The smallest absolute Gasteiger partial charge is 0.352 e. The van der Waals surface area contributed by atoms with E-state index in [-0.39, 0.29) is 23.0 Å². The van der Waals surface area contributed by atoms with Gasteiger partial charge >= 0.3 is 5.97 Å². The van der Waals surface area contributed by atoms with Crippen molar-refractivity contribution in [3.8, 4) is 0 Å². The number of rotatable bonds is 9. The summed E-state index contributed by atoms with van der Waals surface area (Å²) in [6.07, 6.45) is -0.161. The summed E-state index contributed by atoms with van der Waals surface area (Å²) >= 11 is 0. The second kappa shape index (κ2) is 9.74. The van der Waals surface area contributed by atoms with E-state index in [1.54, 1.807) is 19.1 Å². The number of primary amides is 1. The first-order valence-corrected chi connectivity index (χ1v) is 16.8. The summed E-state index contributed by atoms with van der Waals surface area (Å²) in [6.45, 7) is 10.2. The molecule has 4 N–H and O–H groups in total. The Morgan fingerprint density at radius 1 is 1.07 bits per heavy atom. The molecule has 0 radical (unpaired) electrons. The maximum absolute atomic E-state index is 14.0. The molecule has 4 saturated heterocycles. The lowest BCUT2D eigenvalue weighted by Crippen LogP contribution is -2.76. The van der Waals surface area contributed by atoms with Gasteiger partial charge in [-0.15, -0.1) is 0 Å². The number of piperazine rings is 3. The summed E-state index contributed by atoms with van der Waals surface area (Å²) in [7, 11) is -3.99.